The van der Waals surface area contributed by atoms with Gasteiger partial charge in [-0.3, -0.25) is 13.9 Å². The third kappa shape index (κ3) is 8.00. The fourth-order valence-corrected chi connectivity index (χ4v) is 5.71. The summed E-state index contributed by atoms with van der Waals surface area (Å²) >= 11 is 18.2. The van der Waals surface area contributed by atoms with Gasteiger partial charge in [-0.05, 0) is 55.7 Å². The normalized spacial score (nSPS) is 15.2. The van der Waals surface area contributed by atoms with E-state index in [9.17, 15) is 18.0 Å². The zero-order chi connectivity index (χ0) is 26.5. The van der Waals surface area contributed by atoms with E-state index in [-0.39, 0.29) is 34.2 Å². The number of halogens is 3. The van der Waals surface area contributed by atoms with Gasteiger partial charge in [0.15, 0.2) is 0 Å². The Bertz CT molecular complexity index is 1170. The second-order valence-corrected chi connectivity index (χ2v) is 12.3. The molecule has 1 atom stereocenters. The lowest BCUT2D eigenvalue weighted by molar-refractivity contribution is -0.139. The van der Waals surface area contributed by atoms with Gasteiger partial charge in [0.25, 0.3) is 0 Å². The molecule has 2 amide bonds. The molecule has 0 aromatic heterocycles. The standard InChI is InChI=1S/C25H30Cl3N3O4S/c1-17(25(33)29-22-6-4-3-5-7-22)30(15-18-8-10-19(26)11-9-18)24(32)16-31(36(2,34)35)23-13-20(27)12-21(28)14-23/h8-14,17,22H,3-7,15-16H2,1-2H3,(H,29,33)/t17-/m1/s1. The Morgan fingerprint density at radius 2 is 1.56 bits per heavy atom. The highest BCUT2D eigenvalue weighted by Crippen LogP contribution is 2.27. The van der Waals surface area contributed by atoms with Crippen LogP contribution in [0.25, 0.3) is 0 Å². The Morgan fingerprint density at radius 3 is 2.11 bits per heavy atom. The molecule has 1 saturated carbocycles. The van der Waals surface area contributed by atoms with Gasteiger partial charge in [-0.2, -0.15) is 0 Å². The molecule has 196 valence electrons. The topological polar surface area (TPSA) is 86.8 Å². The summed E-state index contributed by atoms with van der Waals surface area (Å²) < 4.78 is 26.2. The highest BCUT2D eigenvalue weighted by molar-refractivity contribution is 7.92. The number of hydrogen-bond donors (Lipinski definition) is 1. The van der Waals surface area contributed by atoms with Crippen LogP contribution in [-0.4, -0.2) is 50.0 Å². The molecule has 36 heavy (non-hydrogen) atoms. The summed E-state index contributed by atoms with van der Waals surface area (Å²) in [6.07, 6.45) is 6.06. The fraction of sp³-hybridized carbons (Fsp3) is 0.440. The van der Waals surface area contributed by atoms with Gasteiger partial charge in [-0.1, -0.05) is 66.2 Å². The van der Waals surface area contributed by atoms with Crippen LogP contribution in [0.15, 0.2) is 42.5 Å². The molecule has 1 fully saturated rings. The molecular formula is C25H30Cl3N3O4S. The van der Waals surface area contributed by atoms with Crippen LogP contribution in [-0.2, 0) is 26.2 Å². The van der Waals surface area contributed by atoms with Crippen LogP contribution >= 0.6 is 34.8 Å². The lowest BCUT2D eigenvalue weighted by atomic mass is 9.95. The first-order valence-electron chi connectivity index (χ1n) is 11.7. The summed E-state index contributed by atoms with van der Waals surface area (Å²) in [7, 11) is -3.88. The lowest BCUT2D eigenvalue weighted by Crippen LogP contribution is -2.52. The van der Waals surface area contributed by atoms with Crippen molar-refractivity contribution in [1.82, 2.24) is 10.2 Å². The molecule has 0 spiro atoms. The second-order valence-electron chi connectivity index (χ2n) is 9.06. The summed E-state index contributed by atoms with van der Waals surface area (Å²) in [4.78, 5) is 28.1. The summed E-state index contributed by atoms with van der Waals surface area (Å²) in [6.45, 7) is 1.22. The summed E-state index contributed by atoms with van der Waals surface area (Å²) in [5.41, 5.74) is 0.913. The Labute approximate surface area is 227 Å². The molecule has 3 rings (SSSR count). The first kappa shape index (κ1) is 28.6. The second kappa shape index (κ2) is 12.5. The number of carbonyl (C=O) groups excluding carboxylic acids is 2. The van der Waals surface area contributed by atoms with E-state index in [1.165, 1.54) is 23.1 Å². The molecule has 0 aliphatic heterocycles. The van der Waals surface area contributed by atoms with Crippen molar-refractivity contribution in [3.8, 4) is 0 Å². The molecule has 1 aliphatic carbocycles. The fourth-order valence-electron chi connectivity index (χ4n) is 4.23. The predicted octanol–water partition coefficient (Wildman–Crippen LogP) is 5.28. The molecule has 1 N–H and O–H groups in total. The zero-order valence-electron chi connectivity index (χ0n) is 20.2. The van der Waals surface area contributed by atoms with E-state index >= 15 is 0 Å². The van der Waals surface area contributed by atoms with Gasteiger partial charge in [0.05, 0.1) is 11.9 Å². The van der Waals surface area contributed by atoms with Gasteiger partial charge >= 0.3 is 0 Å². The minimum atomic E-state index is -3.88. The number of anilines is 1. The quantitative estimate of drug-likeness (QED) is 0.442. The largest absolute Gasteiger partial charge is 0.352 e. The molecule has 0 bridgehead atoms. The molecule has 2 aromatic rings. The van der Waals surface area contributed by atoms with Crippen LogP contribution in [0.4, 0.5) is 5.69 Å². The van der Waals surface area contributed by atoms with Gasteiger partial charge in [0, 0.05) is 27.7 Å². The maximum atomic E-state index is 13.6. The molecule has 11 heteroatoms. The van der Waals surface area contributed by atoms with Gasteiger partial charge < -0.3 is 10.2 Å². The highest BCUT2D eigenvalue weighted by atomic mass is 35.5. The zero-order valence-corrected chi connectivity index (χ0v) is 23.3. The van der Waals surface area contributed by atoms with Gasteiger partial charge in [-0.15, -0.1) is 0 Å². The van der Waals surface area contributed by atoms with E-state index in [1.54, 1.807) is 31.2 Å². The van der Waals surface area contributed by atoms with Crippen molar-refractivity contribution in [2.45, 2.75) is 57.7 Å². The molecule has 0 unspecified atom stereocenters. The maximum Gasteiger partial charge on any atom is 0.244 e. The van der Waals surface area contributed by atoms with Crippen molar-refractivity contribution in [2.75, 3.05) is 17.1 Å². The van der Waals surface area contributed by atoms with Crippen molar-refractivity contribution in [1.29, 1.82) is 0 Å². The molecule has 0 heterocycles. The summed E-state index contributed by atoms with van der Waals surface area (Å²) in [5, 5.41) is 4.07. The minimum Gasteiger partial charge on any atom is -0.352 e. The van der Waals surface area contributed by atoms with Crippen LogP contribution in [0.1, 0.15) is 44.6 Å². The first-order valence-corrected chi connectivity index (χ1v) is 14.7. The molecule has 2 aromatic carbocycles. The van der Waals surface area contributed by atoms with Crippen LogP contribution in [0, 0.1) is 0 Å². The number of benzene rings is 2. The molecule has 0 radical (unpaired) electrons. The lowest BCUT2D eigenvalue weighted by Gasteiger charge is -2.33. The molecular weight excluding hydrogens is 545 g/mol. The van der Waals surface area contributed by atoms with E-state index in [4.69, 9.17) is 34.8 Å². The van der Waals surface area contributed by atoms with Crippen molar-refractivity contribution >= 4 is 62.3 Å². The third-order valence-electron chi connectivity index (χ3n) is 6.20. The first-order chi connectivity index (χ1) is 16.9. The van der Waals surface area contributed by atoms with Crippen LogP contribution in [0.2, 0.25) is 15.1 Å². The van der Waals surface area contributed by atoms with Crippen molar-refractivity contribution in [3.05, 3.63) is 63.1 Å². The molecule has 0 saturated heterocycles. The third-order valence-corrected chi connectivity index (χ3v) is 8.03. The number of carbonyl (C=O) groups is 2. The Morgan fingerprint density at radius 1 is 0.972 bits per heavy atom. The monoisotopic (exact) mass is 573 g/mol. The smallest absolute Gasteiger partial charge is 0.244 e. The van der Waals surface area contributed by atoms with Crippen LogP contribution in [0.5, 0.6) is 0 Å². The predicted molar refractivity (Wildman–Crippen MR) is 145 cm³/mol. The summed E-state index contributed by atoms with van der Waals surface area (Å²) in [5.74, 6) is -0.821. The minimum absolute atomic E-state index is 0.0716. The van der Waals surface area contributed by atoms with Crippen molar-refractivity contribution in [2.24, 2.45) is 0 Å². The van der Waals surface area contributed by atoms with E-state index in [1.807, 2.05) is 0 Å². The van der Waals surface area contributed by atoms with Gasteiger partial charge in [-0.25, -0.2) is 8.42 Å². The van der Waals surface area contributed by atoms with Gasteiger partial charge in [0.2, 0.25) is 21.8 Å². The van der Waals surface area contributed by atoms with Gasteiger partial charge in [0.1, 0.15) is 12.6 Å². The average Bonchev–Trinajstić information content (AvgIpc) is 2.80. The maximum absolute atomic E-state index is 13.6. The Hall–Kier alpha value is -2.00. The number of amides is 2. The van der Waals surface area contributed by atoms with Crippen LogP contribution in [0.3, 0.4) is 0 Å². The van der Waals surface area contributed by atoms with E-state index in [0.29, 0.717) is 5.02 Å². The van der Waals surface area contributed by atoms with Crippen molar-refractivity contribution in [3.63, 3.8) is 0 Å². The van der Waals surface area contributed by atoms with E-state index in [2.05, 4.69) is 5.32 Å². The summed E-state index contributed by atoms with van der Waals surface area (Å²) in [6, 6.07) is 10.5. The number of nitrogens with zero attached hydrogens (tertiary/aromatic N) is 2. The van der Waals surface area contributed by atoms with E-state index in [0.717, 1.165) is 48.2 Å². The molecule has 1 aliphatic rings. The number of sulfonamides is 1. The number of hydrogen-bond acceptors (Lipinski definition) is 4. The molecule has 7 nitrogen and oxygen atoms in total. The Balaban J connectivity index is 1.88. The van der Waals surface area contributed by atoms with Crippen molar-refractivity contribution < 1.29 is 18.0 Å². The average molecular weight is 575 g/mol. The van der Waals surface area contributed by atoms with Crippen LogP contribution < -0.4 is 9.62 Å². The van der Waals surface area contributed by atoms with E-state index < -0.39 is 28.5 Å². The highest BCUT2D eigenvalue weighted by Gasteiger charge is 2.31. The number of nitrogens with one attached hydrogen (secondary N) is 1. The number of rotatable bonds is 9. The SMILES string of the molecule is C[C@H](C(=O)NC1CCCCC1)N(Cc1ccc(Cl)cc1)C(=O)CN(c1cc(Cl)cc(Cl)c1)S(C)(=O)=O. The Kier molecular flexibility index (Phi) is 9.92.